The van der Waals surface area contributed by atoms with Crippen molar-refractivity contribution in [2.45, 2.75) is 32.3 Å². The molecule has 0 aliphatic heterocycles. The molecule has 0 fully saturated rings. The highest BCUT2D eigenvalue weighted by molar-refractivity contribution is 7.17. The van der Waals surface area contributed by atoms with E-state index >= 15 is 0 Å². The number of anilines is 1. The number of nitrogens with one attached hydrogen (secondary N) is 1. The molecule has 1 aliphatic rings. The maximum atomic E-state index is 12.9. The minimum atomic E-state index is -0.368. The van der Waals surface area contributed by atoms with Gasteiger partial charge in [0.2, 0.25) is 0 Å². The molecule has 0 bridgehead atoms. The van der Waals surface area contributed by atoms with Gasteiger partial charge in [-0.25, -0.2) is 9.37 Å². The van der Waals surface area contributed by atoms with E-state index in [2.05, 4.69) is 10.3 Å². The Balaban J connectivity index is 1.17. The smallest absolute Gasteiger partial charge is 0.262 e. The molecule has 0 spiro atoms. The van der Waals surface area contributed by atoms with Crippen molar-refractivity contribution < 1.29 is 18.7 Å². The van der Waals surface area contributed by atoms with Crippen LogP contribution < -0.4 is 20.3 Å². The summed E-state index contributed by atoms with van der Waals surface area (Å²) in [7, 11) is 0. The van der Waals surface area contributed by atoms with Crippen molar-refractivity contribution in [1.82, 2.24) is 9.38 Å². The maximum Gasteiger partial charge on any atom is 0.262 e. The van der Waals surface area contributed by atoms with Gasteiger partial charge in [-0.3, -0.25) is 14.0 Å². The molecule has 2 aromatic heterocycles. The fourth-order valence-electron chi connectivity index (χ4n) is 3.88. The molecule has 0 unspecified atom stereocenters. The first-order valence-electron chi connectivity index (χ1n) is 11.0. The van der Waals surface area contributed by atoms with Crippen LogP contribution in [-0.4, -0.2) is 21.9 Å². The van der Waals surface area contributed by atoms with E-state index in [0.717, 1.165) is 36.3 Å². The van der Waals surface area contributed by atoms with Crippen molar-refractivity contribution in [3.8, 4) is 11.5 Å². The van der Waals surface area contributed by atoms with Crippen LogP contribution in [0, 0.1) is 5.82 Å². The standard InChI is InChI=1S/C25H22FN3O4S/c26-16-5-9-19(10-6-16)33-15-23(30)27-17-7-11-20(12-8-17)32-14-18-13-24(31)29-21-3-1-2-4-22(21)34-25(29)28-18/h5-13H,1-4,14-15H2,(H,27,30). The number of ether oxygens (including phenoxy) is 2. The van der Waals surface area contributed by atoms with E-state index in [9.17, 15) is 14.0 Å². The number of halogens is 1. The Morgan fingerprint density at radius 2 is 1.74 bits per heavy atom. The second kappa shape index (κ2) is 9.64. The molecule has 34 heavy (non-hydrogen) atoms. The molecule has 1 aliphatic carbocycles. The van der Waals surface area contributed by atoms with Crippen molar-refractivity contribution in [2.75, 3.05) is 11.9 Å². The Bertz CT molecular complexity index is 1380. The lowest BCUT2D eigenvalue weighted by molar-refractivity contribution is -0.118. The average Bonchev–Trinajstić information content (AvgIpc) is 3.22. The molecule has 1 amide bonds. The van der Waals surface area contributed by atoms with E-state index in [-0.39, 0.29) is 30.5 Å². The lowest BCUT2D eigenvalue weighted by Crippen LogP contribution is -2.20. The zero-order chi connectivity index (χ0) is 23.5. The molecule has 7 nitrogen and oxygen atoms in total. The molecule has 2 aromatic carbocycles. The van der Waals surface area contributed by atoms with Gasteiger partial charge < -0.3 is 14.8 Å². The maximum absolute atomic E-state index is 12.9. The van der Waals surface area contributed by atoms with Crippen LogP contribution >= 0.6 is 11.3 Å². The lowest BCUT2D eigenvalue weighted by Gasteiger charge is -2.10. The number of nitrogens with zero attached hydrogens (tertiary/aromatic N) is 2. The van der Waals surface area contributed by atoms with Crippen molar-refractivity contribution in [1.29, 1.82) is 0 Å². The minimum absolute atomic E-state index is 0.0658. The first kappa shape index (κ1) is 22.1. The Labute approximate surface area is 198 Å². The molecular weight excluding hydrogens is 457 g/mol. The van der Waals surface area contributed by atoms with Crippen LogP contribution in [0.1, 0.15) is 29.1 Å². The number of fused-ring (bicyclic) bond motifs is 3. The quantitative estimate of drug-likeness (QED) is 0.426. The molecule has 174 valence electrons. The van der Waals surface area contributed by atoms with Crippen LogP contribution in [0.5, 0.6) is 11.5 Å². The fraction of sp³-hybridized carbons (Fsp3) is 0.240. The normalized spacial score (nSPS) is 12.9. The predicted molar refractivity (Wildman–Crippen MR) is 127 cm³/mol. The van der Waals surface area contributed by atoms with Gasteiger partial charge in [0.15, 0.2) is 11.6 Å². The number of aryl methyl sites for hydroxylation is 2. The van der Waals surface area contributed by atoms with Gasteiger partial charge in [0.05, 0.1) is 5.69 Å². The zero-order valence-electron chi connectivity index (χ0n) is 18.3. The number of hydrogen-bond acceptors (Lipinski definition) is 6. The van der Waals surface area contributed by atoms with E-state index in [1.54, 1.807) is 40.0 Å². The van der Waals surface area contributed by atoms with Gasteiger partial charge in [-0.1, -0.05) is 0 Å². The third kappa shape index (κ3) is 4.94. The van der Waals surface area contributed by atoms with Crippen LogP contribution in [0.4, 0.5) is 10.1 Å². The molecule has 0 saturated heterocycles. The Hall–Kier alpha value is -3.72. The zero-order valence-corrected chi connectivity index (χ0v) is 19.1. The van der Waals surface area contributed by atoms with Gasteiger partial charge in [-0.05, 0) is 74.2 Å². The van der Waals surface area contributed by atoms with Gasteiger partial charge >= 0.3 is 0 Å². The van der Waals surface area contributed by atoms with Crippen molar-refractivity contribution in [3.63, 3.8) is 0 Å². The largest absolute Gasteiger partial charge is 0.487 e. The molecule has 0 atom stereocenters. The minimum Gasteiger partial charge on any atom is -0.487 e. The van der Waals surface area contributed by atoms with E-state index in [0.29, 0.717) is 22.9 Å². The van der Waals surface area contributed by atoms with E-state index in [1.807, 2.05) is 0 Å². The summed E-state index contributed by atoms with van der Waals surface area (Å²) in [5.41, 5.74) is 2.21. The SMILES string of the molecule is O=C(COc1ccc(F)cc1)Nc1ccc(OCc2cc(=O)n3c4c(sc3n2)CCCC4)cc1. The summed E-state index contributed by atoms with van der Waals surface area (Å²) in [4.78, 5) is 31.3. The summed E-state index contributed by atoms with van der Waals surface area (Å²) >= 11 is 1.59. The summed E-state index contributed by atoms with van der Waals surface area (Å²) in [6.45, 7) is -0.0226. The molecule has 9 heteroatoms. The van der Waals surface area contributed by atoms with Gasteiger partial charge in [-0.15, -0.1) is 11.3 Å². The summed E-state index contributed by atoms with van der Waals surface area (Å²) < 4.78 is 25.8. The van der Waals surface area contributed by atoms with Gasteiger partial charge in [0, 0.05) is 22.3 Å². The Morgan fingerprint density at radius 1 is 1.03 bits per heavy atom. The molecular formula is C25H22FN3O4S. The van der Waals surface area contributed by atoms with Crippen LogP contribution in [0.3, 0.4) is 0 Å². The van der Waals surface area contributed by atoms with Crippen molar-refractivity contribution in [2.24, 2.45) is 0 Å². The van der Waals surface area contributed by atoms with Crippen LogP contribution in [0.25, 0.3) is 4.96 Å². The van der Waals surface area contributed by atoms with Crippen LogP contribution in [-0.2, 0) is 24.2 Å². The third-order valence-corrected chi connectivity index (χ3v) is 6.67. The highest BCUT2D eigenvalue weighted by Crippen LogP contribution is 2.28. The second-order valence-electron chi connectivity index (χ2n) is 7.99. The number of aromatic nitrogens is 2. The predicted octanol–water partition coefficient (Wildman–Crippen LogP) is 4.37. The van der Waals surface area contributed by atoms with Gasteiger partial charge in [0.25, 0.3) is 11.5 Å². The molecule has 1 N–H and O–H groups in total. The summed E-state index contributed by atoms with van der Waals surface area (Å²) in [5.74, 6) is 0.296. The topological polar surface area (TPSA) is 81.9 Å². The molecule has 4 aromatic rings. The van der Waals surface area contributed by atoms with Crippen molar-refractivity contribution >= 4 is 27.9 Å². The number of rotatable bonds is 7. The first-order valence-corrected chi connectivity index (χ1v) is 11.8. The third-order valence-electron chi connectivity index (χ3n) is 5.52. The molecule has 5 rings (SSSR count). The van der Waals surface area contributed by atoms with E-state index in [4.69, 9.17) is 9.47 Å². The Morgan fingerprint density at radius 3 is 2.53 bits per heavy atom. The number of carbonyl (C=O) groups excluding carboxylic acids is 1. The first-order chi connectivity index (χ1) is 16.5. The number of amides is 1. The number of hydrogen-bond donors (Lipinski definition) is 1. The number of benzene rings is 2. The summed E-state index contributed by atoms with van der Waals surface area (Å²) in [5, 5.41) is 2.73. The Kier molecular flexibility index (Phi) is 6.27. The van der Waals surface area contributed by atoms with Crippen molar-refractivity contribution in [3.05, 3.63) is 87.0 Å². The monoisotopic (exact) mass is 479 g/mol. The van der Waals surface area contributed by atoms with Gasteiger partial charge in [0.1, 0.15) is 23.9 Å². The lowest BCUT2D eigenvalue weighted by atomic mass is 10.0. The molecule has 0 saturated carbocycles. The summed E-state index contributed by atoms with van der Waals surface area (Å²) in [6.07, 6.45) is 4.19. The van der Waals surface area contributed by atoms with Crippen LogP contribution in [0.15, 0.2) is 59.4 Å². The van der Waals surface area contributed by atoms with Crippen LogP contribution in [0.2, 0.25) is 0 Å². The highest BCUT2D eigenvalue weighted by atomic mass is 32.1. The molecule has 2 heterocycles. The summed E-state index contributed by atoms with van der Waals surface area (Å²) in [6, 6.07) is 13.9. The second-order valence-corrected chi connectivity index (χ2v) is 9.05. The fourth-order valence-corrected chi connectivity index (χ4v) is 5.12. The molecule has 0 radical (unpaired) electrons. The number of carbonyl (C=O) groups is 1. The van der Waals surface area contributed by atoms with E-state index < -0.39 is 0 Å². The van der Waals surface area contributed by atoms with Gasteiger partial charge in [-0.2, -0.15) is 0 Å². The van der Waals surface area contributed by atoms with E-state index in [1.165, 1.54) is 35.2 Å². The highest BCUT2D eigenvalue weighted by Gasteiger charge is 2.18. The average molecular weight is 480 g/mol. The number of thiazole rings is 1.